The molecule has 11 nitrogen and oxygen atoms in total. The van der Waals surface area contributed by atoms with E-state index in [1.807, 2.05) is 36.4 Å². The summed E-state index contributed by atoms with van der Waals surface area (Å²) in [6, 6.07) is 19.6. The van der Waals surface area contributed by atoms with Gasteiger partial charge in [-0.05, 0) is 40.7 Å². The minimum Gasteiger partial charge on any atom is -0.404 e. The molecule has 0 saturated carbocycles. The maximum atomic E-state index is 13.2. The van der Waals surface area contributed by atoms with Gasteiger partial charge in [0, 0.05) is 29.9 Å². The number of benzene rings is 2. The van der Waals surface area contributed by atoms with E-state index in [9.17, 15) is 15.1 Å². The average Bonchev–Trinajstić information content (AvgIpc) is 3.34. The Labute approximate surface area is 278 Å². The third-order valence-corrected chi connectivity index (χ3v) is 13.8. The number of aromatic nitrogens is 2. The molecule has 2 aromatic carbocycles. The van der Waals surface area contributed by atoms with Gasteiger partial charge in [0.15, 0.2) is 0 Å². The number of aromatic amines is 1. The van der Waals surface area contributed by atoms with Crippen molar-refractivity contribution >= 4 is 18.7 Å². The maximum absolute atomic E-state index is 13.2. The fourth-order valence-corrected chi connectivity index (χ4v) is 11.0. The molecule has 1 aliphatic heterocycles. The average molecular weight is 664 g/mol. The summed E-state index contributed by atoms with van der Waals surface area (Å²) >= 11 is 0. The van der Waals surface area contributed by atoms with E-state index >= 15 is 0 Å². The SMILES string of the molecule is CCCCOC[C@@]1(CO[Si](c2ccccc2)(c2ccccc2)C(C)(C)C)O[C@@H](n2cc(C)c(=O)[nH]c2=O)C(N=[N+]=[N-])C1OCCCC. The van der Waals surface area contributed by atoms with Crippen molar-refractivity contribution in [3.8, 4) is 0 Å². The van der Waals surface area contributed by atoms with Crippen LogP contribution >= 0.6 is 0 Å². The number of aryl methyl sites for hydroxylation is 1. The molecule has 0 bridgehead atoms. The molecule has 4 atom stereocenters. The van der Waals surface area contributed by atoms with Gasteiger partial charge < -0.3 is 18.6 Å². The van der Waals surface area contributed by atoms with Crippen molar-refractivity contribution in [1.82, 2.24) is 9.55 Å². The minimum atomic E-state index is -3.07. The van der Waals surface area contributed by atoms with E-state index in [-0.39, 0.29) is 18.3 Å². The van der Waals surface area contributed by atoms with Gasteiger partial charge in [-0.15, -0.1) is 0 Å². The van der Waals surface area contributed by atoms with Crippen molar-refractivity contribution in [3.05, 3.63) is 104 Å². The highest BCUT2D eigenvalue weighted by molar-refractivity contribution is 6.99. The number of hydrogen-bond acceptors (Lipinski definition) is 7. The Morgan fingerprint density at radius 3 is 2.13 bits per heavy atom. The number of azide groups is 1. The predicted octanol–water partition coefficient (Wildman–Crippen LogP) is 5.37. The lowest BCUT2D eigenvalue weighted by Gasteiger charge is -2.45. The first-order chi connectivity index (χ1) is 22.5. The Bertz CT molecular complexity index is 1560. The molecule has 1 saturated heterocycles. The molecule has 1 aliphatic rings. The zero-order chi connectivity index (χ0) is 34.1. The summed E-state index contributed by atoms with van der Waals surface area (Å²) in [5.74, 6) is 0. The Kier molecular flexibility index (Phi) is 12.4. The Hall–Kier alpha value is -3.51. The van der Waals surface area contributed by atoms with E-state index in [2.05, 4.69) is 73.9 Å². The largest absolute Gasteiger partial charge is 0.404 e. The van der Waals surface area contributed by atoms with Crippen LogP contribution in [0.3, 0.4) is 0 Å². The van der Waals surface area contributed by atoms with Gasteiger partial charge in [0.2, 0.25) is 0 Å². The lowest BCUT2D eigenvalue weighted by atomic mass is 9.95. The molecule has 1 fully saturated rings. The zero-order valence-electron chi connectivity index (χ0n) is 28.5. The van der Waals surface area contributed by atoms with Crippen LogP contribution < -0.4 is 21.6 Å². The zero-order valence-corrected chi connectivity index (χ0v) is 29.5. The van der Waals surface area contributed by atoms with Gasteiger partial charge in [-0.2, -0.15) is 0 Å². The molecule has 0 spiro atoms. The Balaban J connectivity index is 1.92. The van der Waals surface area contributed by atoms with Crippen molar-refractivity contribution in [1.29, 1.82) is 0 Å². The number of hydrogen-bond donors (Lipinski definition) is 1. The van der Waals surface area contributed by atoms with Crippen molar-refractivity contribution in [2.75, 3.05) is 26.4 Å². The summed E-state index contributed by atoms with van der Waals surface area (Å²) < 4.78 is 28.5. The van der Waals surface area contributed by atoms with Crippen molar-refractivity contribution in [2.24, 2.45) is 5.11 Å². The summed E-state index contributed by atoms with van der Waals surface area (Å²) in [7, 11) is -3.07. The van der Waals surface area contributed by atoms with Gasteiger partial charge in [0.25, 0.3) is 13.9 Å². The van der Waals surface area contributed by atoms with Gasteiger partial charge >= 0.3 is 5.69 Å². The Morgan fingerprint density at radius 1 is 0.979 bits per heavy atom. The number of ether oxygens (including phenoxy) is 3. The first-order valence-corrected chi connectivity index (χ1v) is 18.4. The van der Waals surface area contributed by atoms with Crippen LogP contribution in [0.25, 0.3) is 10.4 Å². The number of unbranched alkanes of at least 4 members (excludes halogenated alkanes) is 2. The smallest absolute Gasteiger partial charge is 0.330 e. The van der Waals surface area contributed by atoms with E-state index in [4.69, 9.17) is 18.6 Å². The van der Waals surface area contributed by atoms with Gasteiger partial charge in [0.05, 0.1) is 13.2 Å². The fraction of sp³-hybridized carbons (Fsp3) is 0.543. The van der Waals surface area contributed by atoms with Gasteiger partial charge in [-0.25, -0.2) is 4.79 Å². The summed E-state index contributed by atoms with van der Waals surface area (Å²) in [6.07, 6.45) is 2.97. The van der Waals surface area contributed by atoms with Gasteiger partial charge in [-0.3, -0.25) is 14.3 Å². The standard InChI is InChI=1S/C35H49N5O6Si/c1-7-9-21-43-24-35(25-45-47(34(4,5)6,27-17-13-11-14-18-27)28-19-15-12-16-20-28)30(44-22-10-8-2)29(38-39-36)32(46-35)40-23-26(3)31(41)37-33(40)42/h11-20,23,29-30,32H,7-10,21-22,24-25H2,1-6H3,(H,37,41,42)/t29?,30?,32-,35+/m1/s1. The van der Waals surface area contributed by atoms with Crippen LogP contribution in [0.15, 0.2) is 81.6 Å². The minimum absolute atomic E-state index is 0.0359. The lowest BCUT2D eigenvalue weighted by molar-refractivity contribution is -0.168. The normalized spacial score (nSPS) is 21.4. The van der Waals surface area contributed by atoms with Gasteiger partial charge in [0.1, 0.15) is 24.0 Å². The van der Waals surface area contributed by atoms with Crippen LogP contribution in [0.4, 0.5) is 0 Å². The third kappa shape index (κ3) is 7.80. The first kappa shape index (κ1) is 36.3. The molecular weight excluding hydrogens is 615 g/mol. The monoisotopic (exact) mass is 663 g/mol. The number of H-pyrrole nitrogens is 1. The van der Waals surface area contributed by atoms with Crippen LogP contribution in [0.2, 0.25) is 5.04 Å². The Morgan fingerprint density at radius 2 is 1.57 bits per heavy atom. The van der Waals surface area contributed by atoms with Crippen LogP contribution in [0.1, 0.15) is 72.1 Å². The molecule has 254 valence electrons. The second-order valence-electron chi connectivity index (χ2n) is 13.3. The first-order valence-electron chi connectivity index (χ1n) is 16.5. The second kappa shape index (κ2) is 16.1. The van der Waals surface area contributed by atoms with E-state index in [1.54, 1.807) is 6.92 Å². The molecule has 1 aromatic heterocycles. The highest BCUT2D eigenvalue weighted by atomic mass is 28.4. The molecule has 2 heterocycles. The molecule has 0 amide bonds. The molecular formula is C35H49N5O6Si. The molecule has 0 aliphatic carbocycles. The van der Waals surface area contributed by atoms with Gasteiger partial charge in [-0.1, -0.05) is 113 Å². The van der Waals surface area contributed by atoms with Crippen molar-refractivity contribution in [3.63, 3.8) is 0 Å². The summed E-state index contributed by atoms with van der Waals surface area (Å²) in [5, 5.41) is 6.03. The summed E-state index contributed by atoms with van der Waals surface area (Å²) in [6.45, 7) is 13.3. The third-order valence-electron chi connectivity index (χ3n) is 8.82. The highest BCUT2D eigenvalue weighted by Gasteiger charge is 2.59. The molecule has 4 rings (SSSR count). The second-order valence-corrected chi connectivity index (χ2v) is 17.6. The number of nitrogens with one attached hydrogen (secondary N) is 1. The van der Waals surface area contributed by atoms with Crippen molar-refractivity contribution < 1.29 is 18.6 Å². The van der Waals surface area contributed by atoms with E-state index in [0.29, 0.717) is 18.8 Å². The number of rotatable bonds is 16. The van der Waals surface area contributed by atoms with Crippen LogP contribution in [0, 0.1) is 6.92 Å². The van der Waals surface area contributed by atoms with Crippen LogP contribution in [0.5, 0.6) is 0 Å². The highest BCUT2D eigenvalue weighted by Crippen LogP contribution is 2.44. The van der Waals surface area contributed by atoms with Crippen molar-refractivity contribution in [2.45, 2.75) is 96.2 Å². The van der Waals surface area contributed by atoms with E-state index in [1.165, 1.54) is 10.8 Å². The summed E-state index contributed by atoms with van der Waals surface area (Å²) in [4.78, 5) is 31.1. The summed E-state index contributed by atoms with van der Waals surface area (Å²) in [5.41, 5.74) is 7.64. The fourth-order valence-electron chi connectivity index (χ4n) is 6.37. The van der Waals surface area contributed by atoms with Crippen LogP contribution in [-0.2, 0) is 18.6 Å². The molecule has 0 radical (unpaired) electrons. The van der Waals surface area contributed by atoms with E-state index in [0.717, 1.165) is 36.1 Å². The predicted molar refractivity (Wildman–Crippen MR) is 186 cm³/mol. The maximum Gasteiger partial charge on any atom is 0.330 e. The molecule has 1 N–H and O–H groups in total. The quantitative estimate of drug-likeness (QED) is 0.0719. The topological polar surface area (TPSA) is 141 Å². The van der Waals surface area contributed by atoms with Crippen LogP contribution in [-0.4, -0.2) is 62.0 Å². The molecule has 47 heavy (non-hydrogen) atoms. The van der Waals surface area contributed by atoms with E-state index < -0.39 is 43.5 Å². The molecule has 3 aromatic rings. The lowest BCUT2D eigenvalue weighted by Crippen LogP contribution is -2.68. The molecule has 2 unspecified atom stereocenters. The molecule has 12 heteroatoms. The number of nitrogens with zero attached hydrogens (tertiary/aromatic N) is 4.